The van der Waals surface area contributed by atoms with Gasteiger partial charge in [-0.1, -0.05) is 29.7 Å². The summed E-state index contributed by atoms with van der Waals surface area (Å²) < 4.78 is 42.5. The first kappa shape index (κ1) is 18.8. The lowest BCUT2D eigenvalue weighted by molar-refractivity contribution is -0.274. The summed E-state index contributed by atoms with van der Waals surface area (Å²) in [4.78, 5) is 8.42. The van der Waals surface area contributed by atoms with Gasteiger partial charge in [0, 0.05) is 11.9 Å². The number of rotatable bonds is 5. The number of ether oxygens (including phenoxy) is 1. The van der Waals surface area contributed by atoms with Crippen LogP contribution in [0.5, 0.6) is 5.75 Å². The van der Waals surface area contributed by atoms with Crippen LogP contribution in [0.1, 0.15) is 5.56 Å². The first-order chi connectivity index (χ1) is 13.9. The van der Waals surface area contributed by atoms with E-state index < -0.39 is 6.36 Å². The quantitative estimate of drug-likeness (QED) is 0.525. The Labute approximate surface area is 164 Å². The maximum atomic E-state index is 12.3. The highest BCUT2D eigenvalue weighted by atomic mass is 19.4. The van der Waals surface area contributed by atoms with Crippen LogP contribution in [0.4, 0.5) is 24.7 Å². The molecular weight excluding hydrogens is 382 g/mol. The lowest BCUT2D eigenvalue weighted by Crippen LogP contribution is -2.16. The third-order valence-electron chi connectivity index (χ3n) is 4.14. The predicted octanol–water partition coefficient (Wildman–Crippen LogP) is 2.78. The van der Waals surface area contributed by atoms with Gasteiger partial charge in [0.25, 0.3) is 0 Å². The molecule has 0 aliphatic carbocycles. The van der Waals surface area contributed by atoms with Gasteiger partial charge in [-0.25, -0.2) is 9.97 Å². The smallest absolute Gasteiger partial charge is 0.406 e. The maximum Gasteiger partial charge on any atom is 0.573 e. The monoisotopic (exact) mass is 397 g/mol. The molecule has 146 valence electrons. The van der Waals surface area contributed by atoms with Crippen molar-refractivity contribution in [3.8, 4) is 5.75 Å². The SMILES string of the molecule is Bc1cccc(Cn2cc3c(Nc4ccc(OC(F)(F)F)cc4)ncnc3n2)c1. The molecule has 0 saturated heterocycles. The van der Waals surface area contributed by atoms with Gasteiger partial charge in [0.15, 0.2) is 5.65 Å². The van der Waals surface area contributed by atoms with Gasteiger partial charge in [-0.2, -0.15) is 5.10 Å². The van der Waals surface area contributed by atoms with Crippen LogP contribution in [0.2, 0.25) is 0 Å². The molecule has 2 aromatic heterocycles. The van der Waals surface area contributed by atoms with E-state index in [0.717, 1.165) is 5.56 Å². The fourth-order valence-electron chi connectivity index (χ4n) is 2.94. The molecule has 0 unspecified atom stereocenters. The Bertz CT molecular complexity index is 1140. The average molecular weight is 397 g/mol. The fraction of sp³-hybridized carbons (Fsp3) is 0.105. The fourth-order valence-corrected chi connectivity index (χ4v) is 2.94. The number of halogens is 3. The molecule has 0 saturated carbocycles. The van der Waals surface area contributed by atoms with E-state index in [9.17, 15) is 13.2 Å². The highest BCUT2D eigenvalue weighted by Crippen LogP contribution is 2.26. The van der Waals surface area contributed by atoms with Crippen molar-refractivity contribution in [3.05, 3.63) is 66.6 Å². The molecule has 0 atom stereocenters. The first-order valence-electron chi connectivity index (χ1n) is 8.72. The number of nitrogens with one attached hydrogen (secondary N) is 1. The summed E-state index contributed by atoms with van der Waals surface area (Å²) in [6.07, 6.45) is -1.50. The van der Waals surface area contributed by atoms with Gasteiger partial charge in [0.2, 0.25) is 0 Å². The molecule has 0 spiro atoms. The third-order valence-corrected chi connectivity index (χ3v) is 4.14. The molecule has 0 fully saturated rings. The summed E-state index contributed by atoms with van der Waals surface area (Å²) in [5.74, 6) is 0.219. The Morgan fingerprint density at radius 1 is 1.07 bits per heavy atom. The Balaban J connectivity index is 1.55. The predicted molar refractivity (Wildman–Crippen MR) is 105 cm³/mol. The van der Waals surface area contributed by atoms with Crippen molar-refractivity contribution in [3.63, 3.8) is 0 Å². The Hall–Kier alpha value is -3.56. The van der Waals surface area contributed by atoms with Gasteiger partial charge in [-0.3, -0.25) is 4.68 Å². The van der Waals surface area contributed by atoms with Crippen LogP contribution in [0.15, 0.2) is 61.1 Å². The van der Waals surface area contributed by atoms with E-state index in [4.69, 9.17) is 0 Å². The summed E-state index contributed by atoms with van der Waals surface area (Å²) in [7, 11) is 2.03. The number of benzene rings is 2. The zero-order valence-corrected chi connectivity index (χ0v) is 15.3. The maximum absolute atomic E-state index is 12.3. The van der Waals surface area contributed by atoms with Gasteiger partial charge < -0.3 is 10.1 Å². The van der Waals surface area contributed by atoms with Gasteiger partial charge in [0.1, 0.15) is 25.7 Å². The number of nitrogens with zero attached hydrogens (tertiary/aromatic N) is 4. The first-order valence-corrected chi connectivity index (χ1v) is 8.72. The van der Waals surface area contributed by atoms with Gasteiger partial charge in [-0.05, 0) is 29.8 Å². The summed E-state index contributed by atoms with van der Waals surface area (Å²) in [5.41, 5.74) is 3.36. The molecule has 6 nitrogen and oxygen atoms in total. The second kappa shape index (κ2) is 7.46. The Kier molecular flexibility index (Phi) is 4.83. The van der Waals surface area contributed by atoms with Crippen LogP contribution in [0.3, 0.4) is 0 Å². The standard InChI is InChI=1S/C19H15BF3N5O/c20-13-3-1-2-12(8-13)9-28-10-16-17(24-11-25-18(16)27-28)26-14-4-6-15(7-5-14)29-19(21,22)23/h1-8,10-11H,9,20H2,(H,24,25,26,27). The minimum absolute atomic E-state index is 0.290. The number of alkyl halides is 3. The van der Waals surface area contributed by atoms with Crippen molar-refractivity contribution in [2.45, 2.75) is 12.9 Å². The van der Waals surface area contributed by atoms with Crippen molar-refractivity contribution in [2.24, 2.45) is 0 Å². The molecule has 2 aromatic carbocycles. The minimum atomic E-state index is -4.72. The van der Waals surface area contributed by atoms with E-state index in [1.54, 1.807) is 4.68 Å². The summed E-state index contributed by atoms with van der Waals surface area (Å²) in [6, 6.07) is 13.5. The summed E-state index contributed by atoms with van der Waals surface area (Å²) >= 11 is 0. The molecule has 0 aliphatic rings. The molecule has 0 amide bonds. The van der Waals surface area contributed by atoms with Crippen molar-refractivity contribution >= 4 is 35.8 Å². The third kappa shape index (κ3) is 4.65. The van der Waals surface area contributed by atoms with Gasteiger partial charge >= 0.3 is 6.36 Å². The van der Waals surface area contributed by atoms with Crippen LogP contribution in [0.25, 0.3) is 11.0 Å². The van der Waals surface area contributed by atoms with E-state index >= 15 is 0 Å². The Morgan fingerprint density at radius 2 is 1.86 bits per heavy atom. The highest BCUT2D eigenvalue weighted by molar-refractivity contribution is 6.32. The van der Waals surface area contributed by atoms with Crippen LogP contribution in [-0.2, 0) is 6.54 Å². The number of hydrogen-bond acceptors (Lipinski definition) is 5. The molecule has 0 aliphatic heterocycles. The molecule has 0 radical (unpaired) electrons. The van der Waals surface area contributed by atoms with Crippen molar-refractivity contribution in [1.29, 1.82) is 0 Å². The molecular formula is C19H15BF3N5O. The second-order valence-corrected chi connectivity index (χ2v) is 6.47. The largest absolute Gasteiger partial charge is 0.573 e. The van der Waals surface area contributed by atoms with E-state index in [0.29, 0.717) is 29.1 Å². The lowest BCUT2D eigenvalue weighted by Gasteiger charge is -2.10. The number of hydrogen-bond donors (Lipinski definition) is 1. The zero-order valence-electron chi connectivity index (χ0n) is 15.3. The molecule has 4 aromatic rings. The van der Waals surface area contributed by atoms with Gasteiger partial charge in [-0.15, -0.1) is 13.2 Å². The molecule has 1 N–H and O–H groups in total. The molecule has 10 heteroatoms. The van der Waals surface area contributed by atoms with E-state index in [1.165, 1.54) is 36.1 Å². The van der Waals surface area contributed by atoms with Crippen molar-refractivity contribution < 1.29 is 17.9 Å². The molecule has 2 heterocycles. The van der Waals surface area contributed by atoms with E-state index in [2.05, 4.69) is 31.2 Å². The van der Waals surface area contributed by atoms with Crippen molar-refractivity contribution in [1.82, 2.24) is 19.7 Å². The minimum Gasteiger partial charge on any atom is -0.406 e. The Morgan fingerprint density at radius 3 is 2.59 bits per heavy atom. The summed E-state index contributed by atoms with van der Waals surface area (Å²) in [6.45, 7) is 0.584. The normalized spacial score (nSPS) is 11.6. The highest BCUT2D eigenvalue weighted by Gasteiger charge is 2.30. The van der Waals surface area contributed by atoms with E-state index in [1.807, 2.05) is 32.2 Å². The van der Waals surface area contributed by atoms with Crippen LogP contribution < -0.4 is 15.5 Å². The van der Waals surface area contributed by atoms with Crippen LogP contribution >= 0.6 is 0 Å². The number of fused-ring (bicyclic) bond motifs is 1. The number of anilines is 2. The zero-order chi connectivity index (χ0) is 20.4. The molecule has 4 rings (SSSR count). The summed E-state index contributed by atoms with van der Waals surface area (Å²) in [5, 5.41) is 8.26. The average Bonchev–Trinajstić information content (AvgIpc) is 3.05. The molecule has 0 bridgehead atoms. The second-order valence-electron chi connectivity index (χ2n) is 6.47. The van der Waals surface area contributed by atoms with Crippen LogP contribution in [0, 0.1) is 0 Å². The number of aromatic nitrogens is 4. The van der Waals surface area contributed by atoms with Gasteiger partial charge in [0.05, 0.1) is 11.9 Å². The van der Waals surface area contributed by atoms with Crippen molar-refractivity contribution in [2.75, 3.05) is 5.32 Å². The van der Waals surface area contributed by atoms with Crippen LogP contribution in [-0.4, -0.2) is 34.0 Å². The topological polar surface area (TPSA) is 64.9 Å². The lowest BCUT2D eigenvalue weighted by atomic mass is 9.94. The van der Waals surface area contributed by atoms with E-state index in [-0.39, 0.29) is 5.75 Å². The molecule has 29 heavy (non-hydrogen) atoms.